The summed E-state index contributed by atoms with van der Waals surface area (Å²) in [7, 11) is 1.17. The van der Waals surface area contributed by atoms with Gasteiger partial charge in [-0.05, 0) is 7.05 Å². The summed E-state index contributed by atoms with van der Waals surface area (Å²) < 4.78 is 0. The van der Waals surface area contributed by atoms with Gasteiger partial charge in [-0.2, -0.15) is 0 Å². The van der Waals surface area contributed by atoms with Gasteiger partial charge in [0.2, 0.25) is 17.7 Å². The summed E-state index contributed by atoms with van der Waals surface area (Å²) in [4.78, 5) is 22.0. The summed E-state index contributed by atoms with van der Waals surface area (Å²) in [5.41, 5.74) is 0. The third-order valence-electron chi connectivity index (χ3n) is 1.36. The average Bonchev–Trinajstić information content (AvgIpc) is 1.98. The van der Waals surface area contributed by atoms with Crippen LogP contribution in [0.5, 0.6) is 0 Å². The molecule has 0 saturated heterocycles. The molecule has 9 nitrogen and oxygen atoms in total. The predicted octanol–water partition coefficient (Wildman–Crippen LogP) is -3.92. The van der Waals surface area contributed by atoms with E-state index in [0.29, 0.717) is 0 Å². The molecule has 0 aliphatic carbocycles. The third-order valence-corrected chi connectivity index (χ3v) is 1.36. The molecule has 0 saturated carbocycles. The van der Waals surface area contributed by atoms with Crippen molar-refractivity contribution < 1.29 is 30.0 Å². The highest BCUT2D eigenvalue weighted by molar-refractivity contribution is 5.97. The fourth-order valence-electron chi connectivity index (χ4n) is 0.755. The highest BCUT2D eigenvalue weighted by Crippen LogP contribution is 1.93. The molecule has 94 valence electrons. The number of aliphatic hydroxyl groups is 4. The molecule has 16 heavy (non-hydrogen) atoms. The number of nitrogens with one attached hydrogen (secondary N) is 3. The molecular weight excluding hydrogens is 222 g/mol. The van der Waals surface area contributed by atoms with Crippen molar-refractivity contribution in [1.82, 2.24) is 16.0 Å². The first-order valence-electron chi connectivity index (χ1n) is 4.26. The lowest BCUT2D eigenvalue weighted by Gasteiger charge is -2.22. The molecule has 9 heteroatoms. The Hall–Kier alpha value is -1.26. The van der Waals surface area contributed by atoms with Gasteiger partial charge >= 0.3 is 6.03 Å². The quantitative estimate of drug-likeness (QED) is 0.190. The first-order valence-corrected chi connectivity index (χ1v) is 4.26. The molecule has 0 aromatic heterocycles. The molecule has 2 amide bonds. The number of rotatable bonds is 5. The van der Waals surface area contributed by atoms with Crippen molar-refractivity contribution in [2.45, 2.75) is 25.3 Å². The van der Waals surface area contributed by atoms with Gasteiger partial charge in [-0.1, -0.05) is 0 Å². The first kappa shape index (κ1) is 14.7. The lowest BCUT2D eigenvalue weighted by Crippen LogP contribution is -2.58. The maximum Gasteiger partial charge on any atom is 0.311 e. The van der Waals surface area contributed by atoms with Crippen molar-refractivity contribution >= 4 is 11.8 Å². The standard InChI is InChI=1S/C7H15N3O6/c1-6(13,14)9-4(11)3-5(12)10-7(15,16)8-2/h8,13-16H,3H2,1-2H3,(H,9,11)(H,10,12). The first-order chi connectivity index (χ1) is 7.06. The van der Waals surface area contributed by atoms with E-state index in [1.165, 1.54) is 7.05 Å². The zero-order chi connectivity index (χ0) is 13.0. The smallest absolute Gasteiger partial charge is 0.311 e. The van der Waals surface area contributed by atoms with Crippen molar-refractivity contribution in [2.75, 3.05) is 7.05 Å². The Balaban J connectivity index is 4.12. The van der Waals surface area contributed by atoms with Gasteiger partial charge in [0, 0.05) is 6.92 Å². The van der Waals surface area contributed by atoms with E-state index in [1.54, 1.807) is 10.6 Å². The van der Waals surface area contributed by atoms with Gasteiger partial charge in [-0.15, -0.1) is 0 Å². The van der Waals surface area contributed by atoms with Crippen LogP contribution in [-0.4, -0.2) is 51.2 Å². The van der Waals surface area contributed by atoms with Gasteiger partial charge < -0.3 is 25.7 Å². The molecule has 0 unspecified atom stereocenters. The van der Waals surface area contributed by atoms with Crippen LogP contribution in [0.15, 0.2) is 0 Å². The van der Waals surface area contributed by atoms with Crippen LogP contribution in [0.25, 0.3) is 0 Å². The number of hydrogen-bond donors (Lipinski definition) is 7. The highest BCUT2D eigenvalue weighted by Gasteiger charge is 2.25. The Labute approximate surface area is 91.1 Å². The molecule has 7 N–H and O–H groups in total. The maximum atomic E-state index is 11.0. The molecule has 0 spiro atoms. The van der Waals surface area contributed by atoms with Gasteiger partial charge in [-0.25, -0.2) is 0 Å². The Kier molecular flexibility index (Phi) is 4.78. The van der Waals surface area contributed by atoms with Crippen LogP contribution in [0.3, 0.4) is 0 Å². The monoisotopic (exact) mass is 237 g/mol. The van der Waals surface area contributed by atoms with Gasteiger partial charge in [0.25, 0.3) is 0 Å². The van der Waals surface area contributed by atoms with Gasteiger partial charge in [0.05, 0.1) is 0 Å². The van der Waals surface area contributed by atoms with Crippen molar-refractivity contribution in [3.63, 3.8) is 0 Å². The summed E-state index contributed by atoms with van der Waals surface area (Å²) >= 11 is 0. The number of carbonyl (C=O) groups is 2. The van der Waals surface area contributed by atoms with E-state index in [-0.39, 0.29) is 0 Å². The van der Waals surface area contributed by atoms with Crippen LogP contribution < -0.4 is 16.0 Å². The molecule has 0 rings (SSSR count). The summed E-state index contributed by atoms with van der Waals surface area (Å²) in [6, 6.07) is -2.63. The van der Waals surface area contributed by atoms with E-state index in [4.69, 9.17) is 20.4 Å². The Morgan fingerprint density at radius 3 is 1.88 bits per heavy atom. The Morgan fingerprint density at radius 1 is 1.06 bits per heavy atom. The van der Waals surface area contributed by atoms with Crippen LogP contribution >= 0.6 is 0 Å². The minimum Gasteiger partial charge on any atom is -0.349 e. The largest absolute Gasteiger partial charge is 0.349 e. The van der Waals surface area contributed by atoms with E-state index in [9.17, 15) is 9.59 Å². The molecular formula is C7H15N3O6. The van der Waals surface area contributed by atoms with E-state index in [2.05, 4.69) is 0 Å². The van der Waals surface area contributed by atoms with Gasteiger partial charge in [0.15, 0.2) is 0 Å². The SMILES string of the molecule is CNC(O)(O)NC(=O)CC(=O)NC(C)(O)O. The molecule has 0 bridgehead atoms. The number of carbonyl (C=O) groups excluding carboxylic acids is 2. The summed E-state index contributed by atoms with van der Waals surface area (Å²) in [5, 5.41) is 40.6. The van der Waals surface area contributed by atoms with Crippen molar-refractivity contribution in [2.24, 2.45) is 0 Å². The molecule has 0 aromatic rings. The summed E-state index contributed by atoms with van der Waals surface area (Å²) in [6.45, 7) is 0.888. The summed E-state index contributed by atoms with van der Waals surface area (Å²) in [5.74, 6) is -4.44. The third kappa shape index (κ3) is 7.09. The minimum atomic E-state index is -2.63. The highest BCUT2D eigenvalue weighted by atomic mass is 16.5. The second-order valence-electron chi connectivity index (χ2n) is 3.22. The van der Waals surface area contributed by atoms with Crippen LogP contribution in [0.4, 0.5) is 0 Å². The van der Waals surface area contributed by atoms with Gasteiger partial charge in [-0.3, -0.25) is 20.2 Å². The maximum absolute atomic E-state index is 11.0. The van der Waals surface area contributed by atoms with Crippen molar-refractivity contribution in [3.8, 4) is 0 Å². The van der Waals surface area contributed by atoms with E-state index in [0.717, 1.165) is 6.92 Å². The van der Waals surface area contributed by atoms with Crippen LogP contribution in [0, 0.1) is 0 Å². The fourth-order valence-corrected chi connectivity index (χ4v) is 0.755. The zero-order valence-electron chi connectivity index (χ0n) is 8.81. The van der Waals surface area contributed by atoms with Crippen LogP contribution in [0.2, 0.25) is 0 Å². The number of hydrogen-bond acceptors (Lipinski definition) is 7. The molecule has 0 atom stereocenters. The molecule has 0 aliphatic heterocycles. The molecule has 0 aromatic carbocycles. The Bertz CT molecular complexity index is 272. The lowest BCUT2D eigenvalue weighted by molar-refractivity contribution is -0.206. The van der Waals surface area contributed by atoms with Crippen LogP contribution in [-0.2, 0) is 9.59 Å². The lowest BCUT2D eigenvalue weighted by atomic mass is 10.3. The van der Waals surface area contributed by atoms with Crippen LogP contribution in [0.1, 0.15) is 13.3 Å². The molecule has 0 heterocycles. The molecule has 0 fully saturated rings. The topological polar surface area (TPSA) is 151 Å². The molecule has 0 radical (unpaired) electrons. The number of amides is 2. The van der Waals surface area contributed by atoms with E-state index < -0.39 is 30.2 Å². The second-order valence-corrected chi connectivity index (χ2v) is 3.22. The zero-order valence-corrected chi connectivity index (χ0v) is 8.81. The van der Waals surface area contributed by atoms with Crippen molar-refractivity contribution in [1.29, 1.82) is 0 Å². The normalized spacial score (nSPS) is 12.1. The van der Waals surface area contributed by atoms with E-state index in [1.807, 2.05) is 5.32 Å². The van der Waals surface area contributed by atoms with Gasteiger partial charge in [0.1, 0.15) is 6.42 Å². The summed E-state index contributed by atoms with van der Waals surface area (Å²) in [6.07, 6.45) is -0.790. The Morgan fingerprint density at radius 2 is 1.50 bits per heavy atom. The fraction of sp³-hybridized carbons (Fsp3) is 0.714. The van der Waals surface area contributed by atoms with Crippen molar-refractivity contribution in [3.05, 3.63) is 0 Å². The molecule has 0 aliphatic rings. The second kappa shape index (κ2) is 5.18. The van der Waals surface area contributed by atoms with E-state index >= 15 is 0 Å². The predicted molar refractivity (Wildman–Crippen MR) is 50.0 cm³/mol. The average molecular weight is 237 g/mol. The minimum absolute atomic E-state index is 0.790.